The molecule has 9 heteroatoms. The Bertz CT molecular complexity index is 1430. The molecular formula is C33H38O8S. The number of aryl methyl sites for hydroxylation is 2. The van der Waals surface area contributed by atoms with Crippen molar-refractivity contribution in [3.05, 3.63) is 81.7 Å². The average Bonchev–Trinajstić information content (AvgIpc) is 3.40. The van der Waals surface area contributed by atoms with E-state index in [0.717, 1.165) is 11.1 Å². The summed E-state index contributed by atoms with van der Waals surface area (Å²) in [6.07, 6.45) is -3.10. The lowest BCUT2D eigenvalue weighted by molar-refractivity contribution is -0.365. The molecule has 1 aromatic heterocycles. The molecular weight excluding hydrogens is 556 g/mol. The van der Waals surface area contributed by atoms with E-state index in [-0.39, 0.29) is 0 Å². The van der Waals surface area contributed by atoms with Crippen LogP contribution in [0.15, 0.2) is 54.6 Å². The molecule has 8 nitrogen and oxygen atoms in total. The van der Waals surface area contributed by atoms with Gasteiger partial charge in [0.05, 0.1) is 0 Å². The van der Waals surface area contributed by atoms with Crippen LogP contribution in [-0.4, -0.2) is 49.4 Å². The van der Waals surface area contributed by atoms with Crippen LogP contribution >= 0.6 is 11.3 Å². The number of methoxy groups -OCH3 is 1. The molecule has 0 aliphatic carbocycles. The van der Waals surface area contributed by atoms with Crippen molar-refractivity contribution in [2.24, 2.45) is 0 Å². The molecule has 3 aromatic rings. The summed E-state index contributed by atoms with van der Waals surface area (Å²) >= 11 is 1.73. The molecule has 0 amide bonds. The minimum atomic E-state index is -1.64. The molecule has 4 rings (SSSR count). The minimum absolute atomic E-state index is 0.406. The molecule has 1 unspecified atom stereocenters. The summed E-state index contributed by atoms with van der Waals surface area (Å²) in [5, 5.41) is 0. The minimum Gasteiger partial charge on any atom is -0.456 e. The molecule has 0 spiro atoms. The third kappa shape index (κ3) is 6.75. The van der Waals surface area contributed by atoms with Gasteiger partial charge in [0.25, 0.3) is 0 Å². The van der Waals surface area contributed by atoms with Gasteiger partial charge >= 0.3 is 17.9 Å². The van der Waals surface area contributed by atoms with Crippen LogP contribution in [0.3, 0.4) is 0 Å². The quantitative estimate of drug-likeness (QED) is 0.219. The highest BCUT2D eigenvalue weighted by molar-refractivity contribution is 7.15. The van der Waals surface area contributed by atoms with Crippen molar-refractivity contribution in [3.63, 3.8) is 0 Å². The second-order valence-electron chi connectivity index (χ2n) is 10.6. The summed E-state index contributed by atoms with van der Waals surface area (Å²) in [6, 6.07) is 18.5. The van der Waals surface area contributed by atoms with E-state index in [1.807, 2.05) is 32.0 Å². The van der Waals surface area contributed by atoms with Crippen molar-refractivity contribution in [3.8, 4) is 10.4 Å². The van der Waals surface area contributed by atoms with E-state index in [0.29, 0.717) is 18.4 Å². The van der Waals surface area contributed by atoms with E-state index in [1.165, 1.54) is 48.8 Å². The SMILES string of the molecule is CC[C@H]1OC(OC)(c2ccc(C)c(Cc3ccc(-c4ccc(C)cc4)s3)c2)[C@H](OC(C)=O)[C@@H](OC(C)=O)[C@@H]1OC(C)=O. The molecule has 1 saturated heterocycles. The fraction of sp³-hybridized carbons (Fsp3) is 0.424. The maximum absolute atomic E-state index is 12.4. The molecule has 0 bridgehead atoms. The number of benzene rings is 2. The molecule has 0 radical (unpaired) electrons. The van der Waals surface area contributed by atoms with Crippen LogP contribution in [0.2, 0.25) is 0 Å². The van der Waals surface area contributed by atoms with Gasteiger partial charge in [0, 0.05) is 49.6 Å². The Morgan fingerprint density at radius 1 is 0.857 bits per heavy atom. The second kappa shape index (κ2) is 13.2. The highest BCUT2D eigenvalue weighted by atomic mass is 32.1. The van der Waals surface area contributed by atoms with Crippen molar-refractivity contribution < 1.29 is 38.1 Å². The largest absolute Gasteiger partial charge is 0.456 e. The van der Waals surface area contributed by atoms with Gasteiger partial charge in [0.1, 0.15) is 6.10 Å². The predicted molar refractivity (Wildman–Crippen MR) is 159 cm³/mol. The van der Waals surface area contributed by atoms with Gasteiger partial charge in [-0.2, -0.15) is 0 Å². The van der Waals surface area contributed by atoms with Crippen LogP contribution in [-0.2, 0) is 50.3 Å². The van der Waals surface area contributed by atoms with E-state index in [4.69, 9.17) is 23.7 Å². The van der Waals surface area contributed by atoms with Crippen molar-refractivity contribution in [2.45, 2.75) is 84.6 Å². The number of rotatable bonds is 9. The van der Waals surface area contributed by atoms with E-state index in [9.17, 15) is 14.4 Å². The van der Waals surface area contributed by atoms with E-state index < -0.39 is 48.1 Å². The van der Waals surface area contributed by atoms with Gasteiger partial charge in [0.2, 0.25) is 11.9 Å². The highest BCUT2D eigenvalue weighted by Gasteiger charge is 2.60. The van der Waals surface area contributed by atoms with Crippen LogP contribution < -0.4 is 0 Å². The Hall–Kier alpha value is -3.53. The first-order chi connectivity index (χ1) is 20.0. The molecule has 5 atom stereocenters. The monoisotopic (exact) mass is 594 g/mol. The molecule has 224 valence electrons. The topological polar surface area (TPSA) is 97.4 Å². The van der Waals surface area contributed by atoms with Crippen LogP contribution in [0.5, 0.6) is 0 Å². The van der Waals surface area contributed by atoms with Gasteiger partial charge < -0.3 is 23.7 Å². The van der Waals surface area contributed by atoms with E-state index >= 15 is 0 Å². The zero-order valence-electron chi connectivity index (χ0n) is 25.1. The maximum atomic E-state index is 12.4. The van der Waals surface area contributed by atoms with Crippen molar-refractivity contribution >= 4 is 29.2 Å². The van der Waals surface area contributed by atoms with Crippen LogP contribution in [0, 0.1) is 13.8 Å². The number of thiophene rings is 1. The second-order valence-corrected chi connectivity index (χ2v) is 11.7. The molecule has 1 aliphatic heterocycles. The normalized spacial score (nSPS) is 23.7. The van der Waals surface area contributed by atoms with Gasteiger partial charge in [-0.15, -0.1) is 11.3 Å². The molecule has 0 saturated carbocycles. The fourth-order valence-electron chi connectivity index (χ4n) is 5.38. The predicted octanol–water partition coefficient (Wildman–Crippen LogP) is 6.03. The van der Waals surface area contributed by atoms with Gasteiger partial charge in [0.15, 0.2) is 12.2 Å². The van der Waals surface area contributed by atoms with Gasteiger partial charge in [-0.05, 0) is 55.2 Å². The summed E-state index contributed by atoms with van der Waals surface area (Å²) < 4.78 is 29.6. The fourth-order valence-corrected chi connectivity index (χ4v) is 6.42. The van der Waals surface area contributed by atoms with Crippen LogP contribution in [0.4, 0.5) is 0 Å². The average molecular weight is 595 g/mol. The number of hydrogen-bond donors (Lipinski definition) is 0. The summed E-state index contributed by atoms with van der Waals surface area (Å²) in [5.74, 6) is -3.48. The third-order valence-electron chi connectivity index (χ3n) is 7.41. The summed E-state index contributed by atoms with van der Waals surface area (Å²) in [4.78, 5) is 39.0. The first-order valence-electron chi connectivity index (χ1n) is 14.0. The van der Waals surface area contributed by atoms with Crippen LogP contribution in [0.25, 0.3) is 10.4 Å². The number of carbonyl (C=O) groups is 3. The Balaban J connectivity index is 1.76. The molecule has 1 fully saturated rings. The lowest BCUT2D eigenvalue weighted by atomic mass is 9.85. The smallest absolute Gasteiger partial charge is 0.303 e. The highest BCUT2D eigenvalue weighted by Crippen LogP contribution is 2.44. The van der Waals surface area contributed by atoms with Crippen molar-refractivity contribution in [1.82, 2.24) is 0 Å². The van der Waals surface area contributed by atoms with Gasteiger partial charge in [-0.25, -0.2) is 0 Å². The molecule has 42 heavy (non-hydrogen) atoms. The first-order valence-corrected chi connectivity index (χ1v) is 14.8. The first kappa shape index (κ1) is 31.4. The van der Waals surface area contributed by atoms with Crippen molar-refractivity contribution in [1.29, 1.82) is 0 Å². The van der Waals surface area contributed by atoms with Crippen LogP contribution in [0.1, 0.15) is 61.2 Å². The number of hydrogen-bond acceptors (Lipinski definition) is 9. The third-order valence-corrected chi connectivity index (χ3v) is 8.54. The zero-order chi connectivity index (χ0) is 30.6. The maximum Gasteiger partial charge on any atom is 0.303 e. The van der Waals surface area contributed by atoms with E-state index in [1.54, 1.807) is 11.3 Å². The number of esters is 3. The van der Waals surface area contributed by atoms with E-state index in [2.05, 4.69) is 43.3 Å². The number of ether oxygens (including phenoxy) is 5. The summed E-state index contributed by atoms with van der Waals surface area (Å²) in [6.45, 7) is 9.73. The molecule has 2 heterocycles. The Morgan fingerprint density at radius 2 is 1.50 bits per heavy atom. The number of carbonyl (C=O) groups excluding carboxylic acids is 3. The Morgan fingerprint density at radius 3 is 2.10 bits per heavy atom. The van der Waals surface area contributed by atoms with Gasteiger partial charge in [-0.3, -0.25) is 14.4 Å². The van der Waals surface area contributed by atoms with Gasteiger partial charge in [-0.1, -0.05) is 48.9 Å². The van der Waals surface area contributed by atoms with Crippen molar-refractivity contribution in [2.75, 3.05) is 7.11 Å². The standard InChI is InChI=1S/C33H38O8S/c1-8-28-30(38-21(4)34)31(39-22(5)35)32(40-23(6)36)33(37-7,41-28)26-14-11-20(3)25(17-26)18-27-15-16-29(42-27)24-12-9-19(2)10-13-24/h9-17,28,30-32H,8,18H2,1-7H3/t28-,30-,31+,32-,33?/m1/s1. The molecule has 0 N–H and O–H groups in total. The molecule has 1 aliphatic rings. The lowest BCUT2D eigenvalue weighted by Crippen LogP contribution is -2.66. The summed E-state index contributed by atoms with van der Waals surface area (Å²) in [7, 11) is 1.45. The Labute approximate surface area is 250 Å². The Kier molecular flexibility index (Phi) is 9.86. The lowest BCUT2D eigenvalue weighted by Gasteiger charge is -2.50. The zero-order valence-corrected chi connectivity index (χ0v) is 25.9. The molecule has 2 aromatic carbocycles. The summed E-state index contributed by atoms with van der Waals surface area (Å²) in [5.41, 5.74) is 5.07.